The lowest BCUT2D eigenvalue weighted by Gasteiger charge is -2.27. The van der Waals surface area contributed by atoms with Gasteiger partial charge in [-0.15, -0.1) is 0 Å². The smallest absolute Gasteiger partial charge is 0.318 e. The van der Waals surface area contributed by atoms with Crippen LogP contribution in [0.3, 0.4) is 0 Å². The van der Waals surface area contributed by atoms with Gasteiger partial charge in [-0.05, 0) is 32.1 Å². The zero-order valence-electron chi connectivity index (χ0n) is 17.9. The largest absolute Gasteiger partial charge is 0.465 e. The molecule has 0 spiro atoms. The molecular weight excluding hydrogens is 338 g/mol. The van der Waals surface area contributed by atoms with Crippen molar-refractivity contribution < 1.29 is 14.3 Å². The SMILES string of the molecule is CCCCCCCCCCCCNC(=O)C(C(=O)OCC)C1CCCCC1. The van der Waals surface area contributed by atoms with E-state index in [9.17, 15) is 9.59 Å². The van der Waals surface area contributed by atoms with Crippen molar-refractivity contribution >= 4 is 11.9 Å². The van der Waals surface area contributed by atoms with Crippen LogP contribution in [-0.2, 0) is 14.3 Å². The first kappa shape index (κ1) is 24.0. The van der Waals surface area contributed by atoms with Crippen molar-refractivity contribution in [3.8, 4) is 0 Å². The highest BCUT2D eigenvalue weighted by Gasteiger charge is 2.36. The van der Waals surface area contributed by atoms with Gasteiger partial charge in [0.2, 0.25) is 5.91 Å². The predicted octanol–water partition coefficient (Wildman–Crippen LogP) is 5.78. The highest BCUT2D eigenvalue weighted by molar-refractivity contribution is 5.98. The van der Waals surface area contributed by atoms with Crippen molar-refractivity contribution in [3.05, 3.63) is 0 Å². The van der Waals surface area contributed by atoms with Gasteiger partial charge in [0.05, 0.1) is 6.61 Å². The summed E-state index contributed by atoms with van der Waals surface area (Å²) in [5, 5.41) is 3.00. The number of carbonyl (C=O) groups excluding carboxylic acids is 2. The Labute approximate surface area is 167 Å². The summed E-state index contributed by atoms with van der Waals surface area (Å²) in [5.74, 6) is -0.889. The molecule has 0 bridgehead atoms. The topological polar surface area (TPSA) is 55.4 Å². The Balaban J connectivity index is 2.17. The van der Waals surface area contributed by atoms with E-state index in [4.69, 9.17) is 4.74 Å². The first-order valence-corrected chi connectivity index (χ1v) is 11.6. The first-order chi connectivity index (χ1) is 13.2. The fraction of sp³-hybridized carbons (Fsp3) is 0.913. The minimum Gasteiger partial charge on any atom is -0.465 e. The second-order valence-electron chi connectivity index (χ2n) is 8.10. The molecule has 0 aromatic heterocycles. The molecule has 1 aliphatic carbocycles. The third-order valence-corrected chi connectivity index (χ3v) is 5.77. The van der Waals surface area contributed by atoms with Gasteiger partial charge < -0.3 is 10.1 Å². The molecule has 27 heavy (non-hydrogen) atoms. The monoisotopic (exact) mass is 381 g/mol. The molecule has 1 rings (SSSR count). The quantitative estimate of drug-likeness (QED) is 0.222. The molecule has 1 fully saturated rings. The summed E-state index contributed by atoms with van der Waals surface area (Å²) in [6, 6.07) is 0. The highest BCUT2D eigenvalue weighted by Crippen LogP contribution is 2.31. The van der Waals surface area contributed by atoms with E-state index in [1.807, 2.05) is 0 Å². The van der Waals surface area contributed by atoms with Crippen LogP contribution in [0.2, 0.25) is 0 Å². The van der Waals surface area contributed by atoms with E-state index in [2.05, 4.69) is 12.2 Å². The number of hydrogen-bond acceptors (Lipinski definition) is 3. The van der Waals surface area contributed by atoms with E-state index in [1.54, 1.807) is 6.92 Å². The lowest BCUT2D eigenvalue weighted by Crippen LogP contribution is -2.41. The van der Waals surface area contributed by atoms with Gasteiger partial charge in [0.1, 0.15) is 5.92 Å². The molecular formula is C23H43NO3. The summed E-state index contributed by atoms with van der Waals surface area (Å²) >= 11 is 0. The van der Waals surface area contributed by atoms with Crippen molar-refractivity contribution in [2.45, 2.75) is 110 Å². The van der Waals surface area contributed by atoms with Crippen LogP contribution in [-0.4, -0.2) is 25.0 Å². The first-order valence-electron chi connectivity index (χ1n) is 11.6. The number of ether oxygens (including phenoxy) is 1. The second kappa shape index (κ2) is 15.9. The van der Waals surface area contributed by atoms with Gasteiger partial charge in [-0.1, -0.05) is 84.0 Å². The van der Waals surface area contributed by atoms with Crippen LogP contribution < -0.4 is 5.32 Å². The van der Waals surface area contributed by atoms with Crippen LogP contribution >= 0.6 is 0 Å². The number of carbonyl (C=O) groups is 2. The van der Waals surface area contributed by atoms with E-state index >= 15 is 0 Å². The number of hydrogen-bond donors (Lipinski definition) is 1. The summed E-state index contributed by atoms with van der Waals surface area (Å²) in [6.07, 6.45) is 18.2. The second-order valence-corrected chi connectivity index (χ2v) is 8.10. The normalized spacial score (nSPS) is 16.1. The van der Waals surface area contributed by atoms with Gasteiger partial charge in [0.25, 0.3) is 0 Å². The molecule has 0 aromatic rings. The highest BCUT2D eigenvalue weighted by atomic mass is 16.5. The molecule has 4 nitrogen and oxygen atoms in total. The van der Waals surface area contributed by atoms with E-state index < -0.39 is 5.92 Å². The zero-order valence-corrected chi connectivity index (χ0v) is 17.9. The Hall–Kier alpha value is -1.06. The molecule has 1 N–H and O–H groups in total. The molecule has 0 radical (unpaired) electrons. The van der Waals surface area contributed by atoms with Crippen LogP contribution in [0.4, 0.5) is 0 Å². The van der Waals surface area contributed by atoms with E-state index in [0.29, 0.717) is 13.2 Å². The molecule has 1 saturated carbocycles. The third kappa shape index (κ3) is 10.8. The molecule has 1 amide bonds. The summed E-state index contributed by atoms with van der Waals surface area (Å²) in [4.78, 5) is 24.9. The van der Waals surface area contributed by atoms with Crippen molar-refractivity contribution in [1.82, 2.24) is 5.32 Å². The third-order valence-electron chi connectivity index (χ3n) is 5.77. The van der Waals surface area contributed by atoms with Crippen molar-refractivity contribution in [2.24, 2.45) is 11.8 Å². The average Bonchev–Trinajstić information content (AvgIpc) is 2.67. The maximum Gasteiger partial charge on any atom is 0.318 e. The minimum atomic E-state index is -0.603. The van der Waals surface area contributed by atoms with Gasteiger partial charge in [0, 0.05) is 6.54 Å². The predicted molar refractivity (Wildman–Crippen MR) is 112 cm³/mol. The van der Waals surface area contributed by atoms with Gasteiger partial charge in [-0.2, -0.15) is 0 Å². The van der Waals surface area contributed by atoms with Crippen molar-refractivity contribution in [2.75, 3.05) is 13.2 Å². The fourth-order valence-electron chi connectivity index (χ4n) is 4.15. The molecule has 1 unspecified atom stereocenters. The Morgan fingerprint density at radius 1 is 0.852 bits per heavy atom. The lowest BCUT2D eigenvalue weighted by atomic mass is 9.79. The van der Waals surface area contributed by atoms with Gasteiger partial charge in [0.15, 0.2) is 0 Å². The Morgan fingerprint density at radius 2 is 1.41 bits per heavy atom. The molecule has 1 aliphatic rings. The summed E-state index contributed by atoms with van der Waals surface area (Å²) in [5.41, 5.74) is 0. The molecule has 0 heterocycles. The molecule has 1 atom stereocenters. The summed E-state index contributed by atoms with van der Waals surface area (Å²) in [6.45, 7) is 5.08. The zero-order chi connectivity index (χ0) is 19.7. The Kier molecular flexibility index (Phi) is 14.2. The van der Waals surface area contributed by atoms with Crippen LogP contribution in [0, 0.1) is 11.8 Å². The summed E-state index contributed by atoms with van der Waals surface area (Å²) in [7, 11) is 0. The van der Waals surface area contributed by atoms with E-state index in [0.717, 1.165) is 38.5 Å². The van der Waals surface area contributed by atoms with Gasteiger partial charge in [-0.25, -0.2) is 0 Å². The van der Waals surface area contributed by atoms with E-state index in [1.165, 1.54) is 57.8 Å². The number of nitrogens with one attached hydrogen (secondary N) is 1. The summed E-state index contributed by atoms with van der Waals surface area (Å²) < 4.78 is 5.19. The number of unbranched alkanes of at least 4 members (excludes halogenated alkanes) is 9. The van der Waals surface area contributed by atoms with Crippen molar-refractivity contribution in [1.29, 1.82) is 0 Å². The minimum absolute atomic E-state index is 0.115. The number of esters is 1. The molecule has 0 aliphatic heterocycles. The molecule has 0 aromatic carbocycles. The van der Waals surface area contributed by atoms with Gasteiger partial charge >= 0.3 is 5.97 Å². The molecule has 158 valence electrons. The van der Waals surface area contributed by atoms with Gasteiger partial charge in [-0.3, -0.25) is 9.59 Å². The molecule has 0 saturated heterocycles. The Morgan fingerprint density at radius 3 is 1.96 bits per heavy atom. The molecule has 4 heteroatoms. The van der Waals surface area contributed by atoms with Crippen molar-refractivity contribution in [3.63, 3.8) is 0 Å². The number of amides is 1. The fourth-order valence-corrected chi connectivity index (χ4v) is 4.15. The lowest BCUT2D eigenvalue weighted by molar-refractivity contribution is -0.155. The number of rotatable bonds is 15. The maximum absolute atomic E-state index is 12.6. The average molecular weight is 382 g/mol. The standard InChI is InChI=1S/C23H43NO3/c1-3-5-6-7-8-9-10-11-12-16-19-24-22(25)21(23(26)27-4-2)20-17-14-13-15-18-20/h20-21H,3-19H2,1-2H3,(H,24,25). The Bertz CT molecular complexity index is 391. The van der Waals surface area contributed by atoms with Crippen LogP contribution in [0.5, 0.6) is 0 Å². The van der Waals surface area contributed by atoms with Crippen LogP contribution in [0.1, 0.15) is 110 Å². The van der Waals surface area contributed by atoms with E-state index in [-0.39, 0.29) is 17.8 Å². The van der Waals surface area contributed by atoms with Crippen LogP contribution in [0.15, 0.2) is 0 Å². The maximum atomic E-state index is 12.6. The van der Waals surface area contributed by atoms with Crippen LogP contribution in [0.25, 0.3) is 0 Å².